The number of hydrogen-bond acceptors (Lipinski definition) is 5. The van der Waals surface area contributed by atoms with E-state index in [1.165, 1.54) is 0 Å². The van der Waals surface area contributed by atoms with Crippen LogP contribution >= 0.6 is 11.3 Å². The van der Waals surface area contributed by atoms with E-state index in [0.717, 1.165) is 11.3 Å². The maximum absolute atomic E-state index is 12.1. The zero-order valence-electron chi connectivity index (χ0n) is 10.1. The second kappa shape index (κ2) is 4.81. The number of thiazole rings is 1. The molecule has 0 unspecified atom stereocenters. The molecule has 0 bridgehead atoms. The molecule has 1 aliphatic carbocycles. The summed E-state index contributed by atoms with van der Waals surface area (Å²) in [5, 5.41) is 0.669. The van der Waals surface area contributed by atoms with Crippen molar-refractivity contribution in [2.45, 2.75) is 30.9 Å². The summed E-state index contributed by atoms with van der Waals surface area (Å²) in [6, 6.07) is 0. The lowest BCUT2D eigenvalue weighted by Crippen LogP contribution is -2.34. The highest BCUT2D eigenvalue weighted by molar-refractivity contribution is 7.92. The maximum atomic E-state index is 12.1. The van der Waals surface area contributed by atoms with Crippen LogP contribution in [0.15, 0.2) is 16.4 Å². The first kappa shape index (κ1) is 13.2. The fraction of sp³-hybridized carbons (Fsp3) is 0.455. The molecule has 1 amide bonds. The van der Waals surface area contributed by atoms with E-state index in [4.69, 9.17) is 0 Å². The summed E-state index contributed by atoms with van der Waals surface area (Å²) in [4.78, 5) is 15.9. The predicted octanol–water partition coefficient (Wildman–Crippen LogP) is 1.53. The molecule has 0 saturated carbocycles. The molecular weight excluding hydrogens is 272 g/mol. The van der Waals surface area contributed by atoms with Gasteiger partial charge in [0.2, 0.25) is 5.91 Å². The molecule has 0 radical (unpaired) electrons. The second-order valence-electron chi connectivity index (χ2n) is 4.22. The van der Waals surface area contributed by atoms with Gasteiger partial charge in [-0.1, -0.05) is 12.2 Å². The first-order chi connectivity index (χ1) is 8.40. The first-order valence-corrected chi connectivity index (χ1v) is 7.86. The van der Waals surface area contributed by atoms with Gasteiger partial charge in [0.1, 0.15) is 0 Å². The van der Waals surface area contributed by atoms with Crippen LogP contribution in [0.25, 0.3) is 0 Å². The molecule has 1 aromatic heterocycles. The van der Waals surface area contributed by atoms with Crippen molar-refractivity contribution >= 4 is 27.3 Å². The fourth-order valence-electron chi connectivity index (χ4n) is 1.86. The van der Waals surface area contributed by atoms with E-state index in [1.807, 2.05) is 12.2 Å². The van der Waals surface area contributed by atoms with E-state index in [0.29, 0.717) is 23.5 Å². The van der Waals surface area contributed by atoms with Gasteiger partial charge < -0.3 is 0 Å². The number of carbonyl (C=O) groups is 1. The van der Waals surface area contributed by atoms with Crippen LogP contribution < -0.4 is 4.72 Å². The highest BCUT2D eigenvalue weighted by Gasteiger charge is 2.27. The normalized spacial score (nSPS) is 16.1. The third kappa shape index (κ3) is 2.62. The molecule has 1 N–H and O–H groups in total. The quantitative estimate of drug-likeness (QED) is 0.855. The van der Waals surface area contributed by atoms with Crippen molar-refractivity contribution in [1.82, 2.24) is 9.71 Å². The van der Waals surface area contributed by atoms with E-state index in [1.54, 1.807) is 13.8 Å². The molecule has 1 aromatic rings. The summed E-state index contributed by atoms with van der Waals surface area (Å²) in [6.07, 6.45) is 4.97. The van der Waals surface area contributed by atoms with Gasteiger partial charge >= 0.3 is 0 Å². The maximum Gasteiger partial charge on any atom is 0.275 e. The molecule has 0 atom stereocenters. The molecule has 98 valence electrons. The highest BCUT2D eigenvalue weighted by Crippen LogP contribution is 2.24. The zero-order chi connectivity index (χ0) is 13.3. The van der Waals surface area contributed by atoms with Crippen LogP contribution in [-0.4, -0.2) is 19.3 Å². The van der Waals surface area contributed by atoms with Gasteiger partial charge in [-0.05, 0) is 26.7 Å². The van der Waals surface area contributed by atoms with Crippen molar-refractivity contribution in [1.29, 1.82) is 0 Å². The molecule has 2 rings (SSSR count). The highest BCUT2D eigenvalue weighted by atomic mass is 32.2. The summed E-state index contributed by atoms with van der Waals surface area (Å²) < 4.78 is 26.4. The van der Waals surface area contributed by atoms with Gasteiger partial charge in [0, 0.05) is 5.92 Å². The summed E-state index contributed by atoms with van der Waals surface area (Å²) in [6.45, 7) is 3.36. The van der Waals surface area contributed by atoms with E-state index in [-0.39, 0.29) is 10.1 Å². The molecule has 0 saturated heterocycles. The predicted molar refractivity (Wildman–Crippen MR) is 68.8 cm³/mol. The van der Waals surface area contributed by atoms with Crippen molar-refractivity contribution in [2.75, 3.05) is 0 Å². The third-order valence-electron chi connectivity index (χ3n) is 2.72. The number of rotatable bonds is 3. The zero-order valence-corrected chi connectivity index (χ0v) is 11.8. The van der Waals surface area contributed by atoms with Crippen molar-refractivity contribution in [2.24, 2.45) is 5.92 Å². The number of aromatic nitrogens is 1. The molecule has 5 nitrogen and oxygen atoms in total. The minimum atomic E-state index is -3.78. The topological polar surface area (TPSA) is 76.1 Å². The Kier molecular flexibility index (Phi) is 3.54. The Morgan fingerprint density at radius 3 is 2.50 bits per heavy atom. The van der Waals surface area contributed by atoms with Gasteiger partial charge in [0.05, 0.1) is 10.7 Å². The molecule has 1 heterocycles. The summed E-state index contributed by atoms with van der Waals surface area (Å²) in [7, 11) is -3.78. The van der Waals surface area contributed by atoms with E-state index < -0.39 is 15.9 Å². The van der Waals surface area contributed by atoms with Crippen LogP contribution in [0.1, 0.15) is 23.5 Å². The third-order valence-corrected chi connectivity index (χ3v) is 5.75. The van der Waals surface area contributed by atoms with E-state index >= 15 is 0 Å². The Morgan fingerprint density at radius 1 is 1.39 bits per heavy atom. The number of hydrogen-bond donors (Lipinski definition) is 1. The molecule has 1 aliphatic rings. The first-order valence-electron chi connectivity index (χ1n) is 5.56. The number of allylic oxidation sites excluding steroid dienone is 2. The lowest BCUT2D eigenvalue weighted by atomic mass is 10.1. The Hall–Kier alpha value is -1.21. The van der Waals surface area contributed by atoms with Gasteiger partial charge in [0.25, 0.3) is 10.0 Å². The van der Waals surface area contributed by atoms with Crippen LogP contribution in [0.2, 0.25) is 0 Å². The standard InChI is InChI=1S/C11H14N2O3S2/c1-7-11(17-8(2)12-7)18(15,16)13-10(14)9-5-3-4-6-9/h3-4,9H,5-6H2,1-2H3,(H,13,14). The van der Waals surface area contributed by atoms with Crippen LogP contribution in [-0.2, 0) is 14.8 Å². The van der Waals surface area contributed by atoms with Gasteiger partial charge in [-0.2, -0.15) is 0 Å². The van der Waals surface area contributed by atoms with Gasteiger partial charge in [-0.15, -0.1) is 11.3 Å². The Bertz CT molecular complexity index is 594. The van der Waals surface area contributed by atoms with Gasteiger partial charge in [-0.25, -0.2) is 18.1 Å². The van der Waals surface area contributed by atoms with E-state index in [2.05, 4.69) is 9.71 Å². The second-order valence-corrected chi connectivity index (χ2v) is 7.30. The van der Waals surface area contributed by atoms with Crippen molar-refractivity contribution in [3.8, 4) is 0 Å². The smallest absolute Gasteiger partial charge is 0.274 e. The largest absolute Gasteiger partial charge is 0.275 e. The monoisotopic (exact) mass is 286 g/mol. The number of carbonyl (C=O) groups excluding carboxylic acids is 1. The SMILES string of the molecule is Cc1nc(C)c(S(=O)(=O)NC(=O)C2CC=CC2)s1. The summed E-state index contributed by atoms with van der Waals surface area (Å²) in [5.41, 5.74) is 0.433. The lowest BCUT2D eigenvalue weighted by molar-refractivity contribution is -0.122. The fourth-order valence-corrected chi connectivity index (χ4v) is 4.38. The number of nitrogens with one attached hydrogen (secondary N) is 1. The van der Waals surface area contributed by atoms with E-state index in [9.17, 15) is 13.2 Å². The van der Waals surface area contributed by atoms with Crippen LogP contribution in [0.3, 0.4) is 0 Å². The van der Waals surface area contributed by atoms with Gasteiger partial charge in [0.15, 0.2) is 4.21 Å². The lowest BCUT2D eigenvalue weighted by Gasteiger charge is -2.10. The van der Waals surface area contributed by atoms with Crippen molar-refractivity contribution < 1.29 is 13.2 Å². The minimum Gasteiger partial charge on any atom is -0.274 e. The molecular formula is C11H14N2O3S2. The molecule has 0 spiro atoms. The van der Waals surface area contributed by atoms with Crippen molar-refractivity contribution in [3.05, 3.63) is 22.9 Å². The van der Waals surface area contributed by atoms with Crippen molar-refractivity contribution in [3.63, 3.8) is 0 Å². The molecule has 7 heteroatoms. The van der Waals surface area contributed by atoms with Gasteiger partial charge in [-0.3, -0.25) is 4.79 Å². The average Bonchev–Trinajstić information content (AvgIpc) is 2.86. The summed E-state index contributed by atoms with van der Waals surface area (Å²) in [5.74, 6) is -0.709. The Balaban J connectivity index is 2.17. The molecule has 0 aromatic carbocycles. The minimum absolute atomic E-state index is 0.124. The molecule has 18 heavy (non-hydrogen) atoms. The number of aryl methyl sites for hydroxylation is 2. The molecule has 0 aliphatic heterocycles. The number of sulfonamides is 1. The average molecular weight is 286 g/mol. The number of nitrogens with zero attached hydrogens (tertiary/aromatic N) is 1. The van der Waals surface area contributed by atoms with Crippen LogP contribution in [0.4, 0.5) is 0 Å². The number of amides is 1. The Morgan fingerprint density at radius 2 is 2.00 bits per heavy atom. The Labute approximate surface area is 110 Å². The van der Waals surface area contributed by atoms with Crippen LogP contribution in [0, 0.1) is 19.8 Å². The van der Waals surface area contributed by atoms with Crippen LogP contribution in [0.5, 0.6) is 0 Å². The summed E-state index contributed by atoms with van der Waals surface area (Å²) >= 11 is 1.08. The molecule has 0 fully saturated rings.